The first-order valence-electron chi connectivity index (χ1n) is 5.50. The third-order valence-electron chi connectivity index (χ3n) is 2.79. The van der Waals surface area contributed by atoms with Crippen LogP contribution in [0.4, 0.5) is 0 Å². The van der Waals surface area contributed by atoms with Gasteiger partial charge in [0.2, 0.25) is 0 Å². The molecule has 0 spiro atoms. The Balaban J connectivity index is 2.73. The van der Waals surface area contributed by atoms with Gasteiger partial charge in [-0.1, -0.05) is 37.8 Å². The maximum atomic E-state index is 8.84. The highest BCUT2D eigenvalue weighted by molar-refractivity contribution is 6.75. The number of hydrogen-bond donors (Lipinski definition) is 0. The number of rotatable bonds is 2. The van der Waals surface area contributed by atoms with E-state index >= 15 is 0 Å². The van der Waals surface area contributed by atoms with Gasteiger partial charge in [-0.15, -0.1) is 0 Å². The van der Waals surface area contributed by atoms with E-state index in [1.807, 2.05) is 6.07 Å². The molecule has 2 aromatic rings. The van der Waals surface area contributed by atoms with E-state index in [4.69, 9.17) is 5.26 Å². The molecule has 16 heavy (non-hydrogen) atoms. The van der Waals surface area contributed by atoms with Crippen LogP contribution in [0.25, 0.3) is 10.9 Å². The van der Waals surface area contributed by atoms with E-state index in [0.717, 1.165) is 5.56 Å². The number of benzene rings is 1. The predicted molar refractivity (Wildman–Crippen MR) is 70.0 cm³/mol. The van der Waals surface area contributed by atoms with Crippen molar-refractivity contribution in [2.24, 2.45) is 0 Å². The van der Waals surface area contributed by atoms with Crippen LogP contribution >= 0.6 is 0 Å². The molecule has 3 heteroatoms. The van der Waals surface area contributed by atoms with Gasteiger partial charge in [0.15, 0.2) is 8.24 Å². The van der Waals surface area contributed by atoms with Crippen molar-refractivity contribution in [1.29, 1.82) is 5.26 Å². The van der Waals surface area contributed by atoms with Crippen LogP contribution < -0.4 is 0 Å². The van der Waals surface area contributed by atoms with Crippen molar-refractivity contribution in [3.63, 3.8) is 0 Å². The van der Waals surface area contributed by atoms with Crippen molar-refractivity contribution in [3.8, 4) is 6.07 Å². The summed E-state index contributed by atoms with van der Waals surface area (Å²) >= 11 is 0. The fourth-order valence-electron chi connectivity index (χ4n) is 2.03. The van der Waals surface area contributed by atoms with Gasteiger partial charge in [0.1, 0.15) is 0 Å². The standard InChI is InChI=1S/C13H16N2Si/c1-16(2,3)15-10-11(8-9-14)12-6-4-5-7-13(12)15/h4-7,10H,8H2,1-3H3. The largest absolute Gasteiger partial charge is 0.374 e. The van der Waals surface area contributed by atoms with Gasteiger partial charge < -0.3 is 4.23 Å². The van der Waals surface area contributed by atoms with E-state index in [9.17, 15) is 0 Å². The summed E-state index contributed by atoms with van der Waals surface area (Å²) in [5.74, 6) is 0. The maximum Gasteiger partial charge on any atom is 0.152 e. The minimum absolute atomic E-state index is 0.498. The number of nitrogens with zero attached hydrogens (tertiary/aromatic N) is 2. The first-order valence-corrected chi connectivity index (χ1v) is 8.95. The Morgan fingerprint density at radius 1 is 1.25 bits per heavy atom. The van der Waals surface area contributed by atoms with E-state index in [1.54, 1.807) is 0 Å². The first-order chi connectivity index (χ1) is 7.54. The lowest BCUT2D eigenvalue weighted by Crippen LogP contribution is -2.30. The van der Waals surface area contributed by atoms with E-state index < -0.39 is 8.24 Å². The molecule has 0 saturated carbocycles. The van der Waals surface area contributed by atoms with Crippen molar-refractivity contribution in [1.82, 2.24) is 4.23 Å². The Morgan fingerprint density at radius 2 is 1.94 bits per heavy atom. The SMILES string of the molecule is C[Si](C)(C)n1cc(CC#N)c2ccccc21. The molecule has 0 aliphatic carbocycles. The molecule has 0 N–H and O–H groups in total. The second-order valence-electron chi connectivity index (χ2n) is 5.05. The molecule has 0 unspecified atom stereocenters. The number of fused-ring (bicyclic) bond motifs is 1. The predicted octanol–water partition coefficient (Wildman–Crippen LogP) is 3.39. The quantitative estimate of drug-likeness (QED) is 0.724. The monoisotopic (exact) mass is 228 g/mol. The lowest BCUT2D eigenvalue weighted by Gasteiger charge is -2.19. The van der Waals surface area contributed by atoms with Gasteiger partial charge in [0.05, 0.1) is 12.5 Å². The zero-order chi connectivity index (χ0) is 11.8. The minimum atomic E-state index is -1.40. The van der Waals surface area contributed by atoms with E-state index in [1.165, 1.54) is 10.9 Å². The first kappa shape index (κ1) is 11.0. The molecule has 0 radical (unpaired) electrons. The molecule has 0 bridgehead atoms. The van der Waals surface area contributed by atoms with Gasteiger partial charge in [-0.2, -0.15) is 5.26 Å². The Bertz CT molecular complexity index is 555. The number of para-hydroxylation sites is 1. The van der Waals surface area contributed by atoms with Gasteiger partial charge in [0.25, 0.3) is 0 Å². The van der Waals surface area contributed by atoms with E-state index in [-0.39, 0.29) is 0 Å². The zero-order valence-electron chi connectivity index (χ0n) is 9.99. The molecule has 0 fully saturated rings. The lowest BCUT2D eigenvalue weighted by atomic mass is 10.1. The Hall–Kier alpha value is -1.53. The Morgan fingerprint density at radius 3 is 2.56 bits per heavy atom. The zero-order valence-corrected chi connectivity index (χ0v) is 11.0. The van der Waals surface area contributed by atoms with Crippen LogP contribution in [0.2, 0.25) is 19.6 Å². The topological polar surface area (TPSA) is 28.7 Å². The van der Waals surface area contributed by atoms with Gasteiger partial charge in [-0.3, -0.25) is 0 Å². The highest BCUT2D eigenvalue weighted by atomic mass is 28.3. The van der Waals surface area contributed by atoms with Crippen LogP contribution in [0.5, 0.6) is 0 Å². The number of hydrogen-bond acceptors (Lipinski definition) is 1. The molecule has 82 valence electrons. The number of nitriles is 1. The Kier molecular flexibility index (Phi) is 2.61. The maximum absolute atomic E-state index is 8.84. The Labute approximate surface area is 97.2 Å². The minimum Gasteiger partial charge on any atom is -0.374 e. The van der Waals surface area contributed by atoms with Gasteiger partial charge in [-0.05, 0) is 11.6 Å². The van der Waals surface area contributed by atoms with Crippen molar-refractivity contribution in [2.75, 3.05) is 0 Å². The molecule has 0 aliphatic heterocycles. The van der Waals surface area contributed by atoms with Crippen molar-refractivity contribution in [2.45, 2.75) is 26.1 Å². The van der Waals surface area contributed by atoms with Gasteiger partial charge >= 0.3 is 0 Å². The summed E-state index contributed by atoms with van der Waals surface area (Å²) in [5.41, 5.74) is 2.42. The molecule has 1 heterocycles. The summed E-state index contributed by atoms with van der Waals surface area (Å²) in [5, 5.41) is 10.1. The molecule has 1 aromatic heterocycles. The highest BCUT2D eigenvalue weighted by Crippen LogP contribution is 2.24. The average Bonchev–Trinajstić information content (AvgIpc) is 2.58. The van der Waals surface area contributed by atoms with Crippen molar-refractivity contribution >= 4 is 19.1 Å². The summed E-state index contributed by atoms with van der Waals surface area (Å²) < 4.78 is 2.38. The molecule has 0 atom stereocenters. The molecule has 0 amide bonds. The van der Waals surface area contributed by atoms with Crippen molar-refractivity contribution in [3.05, 3.63) is 36.0 Å². The molecule has 0 aliphatic rings. The van der Waals surface area contributed by atoms with Crippen LogP contribution in [0.3, 0.4) is 0 Å². The third kappa shape index (κ3) is 1.77. The molecule has 1 aromatic carbocycles. The van der Waals surface area contributed by atoms with Crippen LogP contribution in [-0.2, 0) is 6.42 Å². The van der Waals surface area contributed by atoms with E-state index in [2.05, 4.69) is 54.3 Å². The third-order valence-corrected chi connectivity index (χ3v) is 4.60. The molecule has 2 rings (SSSR count). The summed E-state index contributed by atoms with van der Waals surface area (Å²) in [6.45, 7) is 6.95. The smallest absolute Gasteiger partial charge is 0.152 e. The summed E-state index contributed by atoms with van der Waals surface area (Å²) in [6, 6.07) is 10.6. The van der Waals surface area contributed by atoms with Crippen LogP contribution in [0, 0.1) is 11.3 Å². The second kappa shape index (κ2) is 3.80. The molecule has 0 saturated heterocycles. The second-order valence-corrected chi connectivity index (χ2v) is 9.87. The normalized spacial score (nSPS) is 11.6. The van der Waals surface area contributed by atoms with Gasteiger partial charge in [-0.25, -0.2) is 0 Å². The summed E-state index contributed by atoms with van der Waals surface area (Å²) in [4.78, 5) is 0. The van der Waals surface area contributed by atoms with Crippen molar-refractivity contribution < 1.29 is 0 Å². The molecule has 2 nitrogen and oxygen atoms in total. The number of aromatic nitrogens is 1. The van der Waals surface area contributed by atoms with Crippen LogP contribution in [0.1, 0.15) is 5.56 Å². The highest BCUT2D eigenvalue weighted by Gasteiger charge is 2.19. The summed E-state index contributed by atoms with van der Waals surface area (Å²) in [7, 11) is -1.40. The van der Waals surface area contributed by atoms with Crippen LogP contribution in [0.15, 0.2) is 30.5 Å². The lowest BCUT2D eigenvalue weighted by molar-refractivity contribution is 1.17. The molecular weight excluding hydrogens is 212 g/mol. The fraction of sp³-hybridized carbons (Fsp3) is 0.308. The summed E-state index contributed by atoms with van der Waals surface area (Å²) in [6.07, 6.45) is 2.66. The fourth-order valence-corrected chi connectivity index (χ4v) is 3.49. The van der Waals surface area contributed by atoms with Gasteiger partial charge in [0, 0.05) is 17.1 Å². The van der Waals surface area contributed by atoms with E-state index in [0.29, 0.717) is 6.42 Å². The molecular formula is C13H16N2Si. The van der Waals surface area contributed by atoms with Crippen LogP contribution in [-0.4, -0.2) is 12.5 Å². The average molecular weight is 228 g/mol.